The van der Waals surface area contributed by atoms with Crippen molar-refractivity contribution in [2.45, 2.75) is 39.7 Å². The fraction of sp³-hybridized carbons (Fsp3) is 0.727. The van der Waals surface area contributed by atoms with Crippen molar-refractivity contribution in [3.8, 4) is 0 Å². The van der Waals surface area contributed by atoms with Gasteiger partial charge in [-0.25, -0.2) is 0 Å². The highest BCUT2D eigenvalue weighted by molar-refractivity contribution is 5.69. The summed E-state index contributed by atoms with van der Waals surface area (Å²) >= 11 is 0. The smallest absolute Gasteiger partial charge is 0.409 e. The summed E-state index contributed by atoms with van der Waals surface area (Å²) in [5, 5.41) is 18.1. The monoisotopic (exact) mass is 242 g/mol. The van der Waals surface area contributed by atoms with Crippen LogP contribution in [0.5, 0.6) is 0 Å². The molecule has 0 aliphatic carbocycles. The fourth-order valence-electron chi connectivity index (χ4n) is 1.35. The van der Waals surface area contributed by atoms with Gasteiger partial charge in [0.05, 0.1) is 13.0 Å². The van der Waals surface area contributed by atoms with Crippen LogP contribution >= 0.6 is 0 Å². The van der Waals surface area contributed by atoms with Gasteiger partial charge in [0.1, 0.15) is 0 Å². The van der Waals surface area contributed by atoms with E-state index >= 15 is 0 Å². The lowest BCUT2D eigenvalue weighted by molar-refractivity contribution is -0.143. The zero-order valence-corrected chi connectivity index (χ0v) is 10.8. The first-order valence-corrected chi connectivity index (χ1v) is 5.49. The molecule has 0 saturated carbocycles. The molecule has 0 aromatic heterocycles. The second-order valence-corrected chi connectivity index (χ2v) is 4.48. The van der Waals surface area contributed by atoms with Gasteiger partial charge in [-0.05, 0) is 27.7 Å². The van der Waals surface area contributed by atoms with E-state index in [-0.39, 0.29) is 18.3 Å². The minimum absolute atomic E-state index is 0.161. The Labute approximate surface area is 101 Å². The molecule has 0 aliphatic rings. The molecule has 0 unspecified atom stereocenters. The molecule has 1 N–H and O–H groups in total. The number of esters is 1. The first-order valence-electron chi connectivity index (χ1n) is 5.49. The molecule has 0 saturated heterocycles. The second kappa shape index (κ2) is 6.74. The average Bonchev–Trinajstić information content (AvgIpc) is 2.16. The first-order chi connectivity index (χ1) is 7.82. The van der Waals surface area contributed by atoms with E-state index in [9.17, 15) is 9.90 Å². The minimum atomic E-state index is -0.391. The van der Waals surface area contributed by atoms with Crippen molar-refractivity contribution >= 4 is 5.97 Å². The van der Waals surface area contributed by atoms with Crippen molar-refractivity contribution in [3.05, 3.63) is 17.1 Å². The van der Waals surface area contributed by atoms with Crippen molar-refractivity contribution < 1.29 is 14.6 Å². The van der Waals surface area contributed by atoms with Crippen molar-refractivity contribution in [1.82, 2.24) is 4.90 Å². The molecule has 0 radical (unpaired) electrons. The second-order valence-electron chi connectivity index (χ2n) is 4.48. The predicted molar refractivity (Wildman–Crippen MR) is 63.5 cm³/mol. The lowest BCUT2D eigenvalue weighted by Gasteiger charge is -2.34. The minimum Gasteiger partial charge on any atom is -0.489 e. The topological polar surface area (TPSA) is 77.9 Å². The Morgan fingerprint density at radius 3 is 2.53 bits per heavy atom. The number of aliphatic hydroxyl groups excluding tert-OH is 1. The maximum absolute atomic E-state index is 11.2. The molecule has 6 nitrogen and oxygen atoms in total. The standard InChI is InChI=1S/C11H19N3O3/c1-5-17-10(16)6-7-14(11(2,3)4)9(15)8-13-12/h8H,5-7H2,1-4H3/p+1/b9-8+. The van der Waals surface area contributed by atoms with Gasteiger partial charge in [0.2, 0.25) is 5.39 Å². The molecular formula is C11H20N3O3+. The third kappa shape index (κ3) is 5.76. The highest BCUT2D eigenvalue weighted by atomic mass is 16.5. The molecule has 17 heavy (non-hydrogen) atoms. The fourth-order valence-corrected chi connectivity index (χ4v) is 1.35. The molecule has 96 valence electrons. The molecule has 0 amide bonds. The van der Waals surface area contributed by atoms with E-state index in [4.69, 9.17) is 10.1 Å². The molecule has 0 aromatic carbocycles. The normalized spacial score (nSPS) is 11.8. The van der Waals surface area contributed by atoms with E-state index in [2.05, 4.69) is 4.98 Å². The Bertz CT molecular complexity index is 326. The molecule has 0 heterocycles. The summed E-state index contributed by atoms with van der Waals surface area (Å²) in [6, 6.07) is 0. The molecule has 6 heteroatoms. The van der Waals surface area contributed by atoms with Gasteiger partial charge in [-0.2, -0.15) is 0 Å². The number of hydrogen-bond donors (Lipinski definition) is 1. The third-order valence-corrected chi connectivity index (χ3v) is 2.10. The summed E-state index contributed by atoms with van der Waals surface area (Å²) in [6.07, 6.45) is 1.09. The van der Waals surface area contributed by atoms with Gasteiger partial charge in [0, 0.05) is 12.1 Å². The van der Waals surface area contributed by atoms with Crippen LogP contribution in [-0.4, -0.2) is 34.7 Å². The van der Waals surface area contributed by atoms with Crippen LogP contribution in [0.3, 0.4) is 0 Å². The summed E-state index contributed by atoms with van der Waals surface area (Å²) in [6.45, 7) is 7.99. The van der Waals surface area contributed by atoms with Crippen LogP contribution in [0.2, 0.25) is 0 Å². The molecule has 0 aliphatic heterocycles. The Morgan fingerprint density at radius 2 is 2.12 bits per heavy atom. The van der Waals surface area contributed by atoms with Crippen LogP contribution in [0.15, 0.2) is 12.1 Å². The lowest BCUT2D eigenvalue weighted by atomic mass is 10.1. The van der Waals surface area contributed by atoms with Crippen LogP contribution < -0.4 is 0 Å². The quantitative estimate of drug-likeness (QED) is 0.454. The van der Waals surface area contributed by atoms with Crippen LogP contribution in [0, 0.1) is 5.39 Å². The molecule has 0 rings (SSSR count). The van der Waals surface area contributed by atoms with Gasteiger partial charge in [0.25, 0.3) is 5.88 Å². The Hall–Kier alpha value is -1.77. The number of rotatable bonds is 5. The maximum Gasteiger partial charge on any atom is 0.409 e. The summed E-state index contributed by atoms with van der Waals surface area (Å²) in [5.74, 6) is -0.514. The number of hydrogen-bond acceptors (Lipinski definition) is 5. The number of ether oxygens (including phenoxy) is 1. The summed E-state index contributed by atoms with van der Waals surface area (Å²) < 4.78 is 4.81. The van der Waals surface area contributed by atoms with Gasteiger partial charge in [-0.3, -0.25) is 4.79 Å². The zero-order chi connectivity index (χ0) is 13.5. The van der Waals surface area contributed by atoms with Crippen molar-refractivity contribution in [3.63, 3.8) is 0 Å². The van der Waals surface area contributed by atoms with Gasteiger partial charge in [0.15, 0.2) is 4.98 Å². The van der Waals surface area contributed by atoms with Gasteiger partial charge in [-0.15, -0.1) is 0 Å². The number of carbonyl (C=O) groups is 1. The number of diazo groups is 1. The SMILES string of the molecule is CCOC(=O)CCN(/C(O)=C\[N+]#N)C(C)(C)C. The van der Waals surface area contributed by atoms with E-state index in [0.29, 0.717) is 13.2 Å². The number of aliphatic hydroxyl groups is 1. The number of nitrogens with zero attached hydrogens (tertiary/aromatic N) is 3. The summed E-state index contributed by atoms with van der Waals surface area (Å²) in [7, 11) is 0. The maximum atomic E-state index is 11.2. The Kier molecular flexibility index (Phi) is 6.03. The molecule has 0 bridgehead atoms. The van der Waals surface area contributed by atoms with Gasteiger partial charge in [-0.1, -0.05) is 0 Å². The highest BCUT2D eigenvalue weighted by Crippen LogP contribution is 2.18. The zero-order valence-electron chi connectivity index (χ0n) is 10.8. The van der Waals surface area contributed by atoms with Crippen molar-refractivity contribution in [2.75, 3.05) is 13.2 Å². The molecule has 0 fully saturated rings. The first kappa shape index (κ1) is 15.2. The predicted octanol–water partition coefficient (Wildman–Crippen LogP) is 2.25. The van der Waals surface area contributed by atoms with Crippen molar-refractivity contribution in [1.29, 1.82) is 5.39 Å². The molecular weight excluding hydrogens is 222 g/mol. The highest BCUT2D eigenvalue weighted by Gasteiger charge is 2.26. The Morgan fingerprint density at radius 1 is 1.53 bits per heavy atom. The van der Waals surface area contributed by atoms with E-state index < -0.39 is 5.54 Å². The van der Waals surface area contributed by atoms with Gasteiger partial charge >= 0.3 is 12.2 Å². The molecule has 0 spiro atoms. The van der Waals surface area contributed by atoms with Crippen LogP contribution in [0.1, 0.15) is 34.1 Å². The van der Waals surface area contributed by atoms with Crippen LogP contribution in [0.4, 0.5) is 0 Å². The van der Waals surface area contributed by atoms with E-state index in [1.54, 1.807) is 11.8 Å². The van der Waals surface area contributed by atoms with Crippen LogP contribution in [0.25, 0.3) is 4.98 Å². The number of carbonyl (C=O) groups excluding carboxylic acids is 1. The van der Waals surface area contributed by atoms with Crippen molar-refractivity contribution in [2.24, 2.45) is 0 Å². The Balaban J connectivity index is 4.59. The largest absolute Gasteiger partial charge is 0.489 e. The summed E-state index contributed by atoms with van der Waals surface area (Å²) in [5.41, 5.74) is -0.391. The van der Waals surface area contributed by atoms with E-state index in [1.165, 1.54) is 0 Å². The van der Waals surface area contributed by atoms with E-state index in [0.717, 1.165) is 6.20 Å². The summed E-state index contributed by atoms with van der Waals surface area (Å²) in [4.78, 5) is 15.6. The molecule has 0 atom stereocenters. The van der Waals surface area contributed by atoms with Gasteiger partial charge < -0.3 is 14.7 Å². The average molecular weight is 242 g/mol. The van der Waals surface area contributed by atoms with Crippen LogP contribution in [-0.2, 0) is 9.53 Å². The third-order valence-electron chi connectivity index (χ3n) is 2.10. The lowest BCUT2D eigenvalue weighted by Crippen LogP contribution is -2.41. The molecule has 0 aromatic rings. The van der Waals surface area contributed by atoms with E-state index in [1.807, 2.05) is 20.8 Å².